The van der Waals surface area contributed by atoms with Gasteiger partial charge in [-0.1, -0.05) is 12.8 Å². The number of piperidine rings is 1. The Hall–Kier alpha value is -0.120. The van der Waals surface area contributed by atoms with Crippen LogP contribution in [0.4, 0.5) is 0 Å². The third-order valence-electron chi connectivity index (χ3n) is 5.00. The van der Waals surface area contributed by atoms with E-state index in [1.807, 2.05) is 7.11 Å². The highest BCUT2D eigenvalue weighted by atomic mass is 16.5. The van der Waals surface area contributed by atoms with Crippen LogP contribution in [0.5, 0.6) is 0 Å². The SMILES string of the molecule is CNC1CCCCC1CN1CCCC(C)(OC)C1. The van der Waals surface area contributed by atoms with Crippen LogP contribution in [-0.4, -0.2) is 50.3 Å². The Morgan fingerprint density at radius 3 is 2.78 bits per heavy atom. The maximum absolute atomic E-state index is 5.69. The van der Waals surface area contributed by atoms with Gasteiger partial charge in [0, 0.05) is 26.2 Å². The molecule has 1 saturated heterocycles. The Balaban J connectivity index is 1.87. The molecule has 0 amide bonds. The van der Waals surface area contributed by atoms with Gasteiger partial charge in [0.25, 0.3) is 0 Å². The van der Waals surface area contributed by atoms with Crippen molar-refractivity contribution in [1.29, 1.82) is 0 Å². The molecule has 3 nitrogen and oxygen atoms in total. The molecule has 2 aliphatic rings. The lowest BCUT2D eigenvalue weighted by Gasteiger charge is -2.42. The van der Waals surface area contributed by atoms with E-state index in [0.29, 0.717) is 0 Å². The van der Waals surface area contributed by atoms with Gasteiger partial charge < -0.3 is 15.0 Å². The molecule has 3 unspecified atom stereocenters. The van der Waals surface area contributed by atoms with E-state index >= 15 is 0 Å². The van der Waals surface area contributed by atoms with Crippen molar-refractivity contribution in [2.45, 2.75) is 57.1 Å². The van der Waals surface area contributed by atoms with Gasteiger partial charge in [-0.2, -0.15) is 0 Å². The second-order valence-electron chi connectivity index (χ2n) is 6.43. The van der Waals surface area contributed by atoms with Gasteiger partial charge in [-0.3, -0.25) is 0 Å². The van der Waals surface area contributed by atoms with Crippen molar-refractivity contribution in [2.24, 2.45) is 5.92 Å². The minimum atomic E-state index is 0.0854. The fourth-order valence-corrected chi connectivity index (χ4v) is 3.77. The van der Waals surface area contributed by atoms with Crippen LogP contribution < -0.4 is 5.32 Å². The Bertz CT molecular complexity index is 259. The summed E-state index contributed by atoms with van der Waals surface area (Å²) in [4.78, 5) is 2.63. The molecule has 3 atom stereocenters. The summed E-state index contributed by atoms with van der Waals surface area (Å²) in [7, 11) is 3.99. The number of hydrogen-bond donors (Lipinski definition) is 1. The number of nitrogens with one attached hydrogen (secondary N) is 1. The lowest BCUT2D eigenvalue weighted by Crippen LogP contribution is -2.51. The number of nitrogens with zero attached hydrogens (tertiary/aromatic N) is 1. The molecule has 1 saturated carbocycles. The fourth-order valence-electron chi connectivity index (χ4n) is 3.77. The number of methoxy groups -OCH3 is 1. The smallest absolute Gasteiger partial charge is 0.0777 e. The highest BCUT2D eigenvalue weighted by Crippen LogP contribution is 2.29. The first-order valence-corrected chi connectivity index (χ1v) is 7.61. The van der Waals surface area contributed by atoms with Crippen molar-refractivity contribution in [1.82, 2.24) is 10.2 Å². The number of likely N-dealkylation sites (tertiary alicyclic amines) is 1. The van der Waals surface area contributed by atoms with Gasteiger partial charge in [0.1, 0.15) is 0 Å². The highest BCUT2D eigenvalue weighted by molar-refractivity contribution is 4.88. The van der Waals surface area contributed by atoms with Crippen molar-refractivity contribution in [3.05, 3.63) is 0 Å². The van der Waals surface area contributed by atoms with Gasteiger partial charge in [0.2, 0.25) is 0 Å². The summed E-state index contributed by atoms with van der Waals surface area (Å²) in [5.41, 5.74) is 0.0854. The van der Waals surface area contributed by atoms with Crippen molar-refractivity contribution >= 4 is 0 Å². The molecule has 1 aliphatic heterocycles. The van der Waals surface area contributed by atoms with Crippen LogP contribution in [0.1, 0.15) is 45.4 Å². The highest BCUT2D eigenvalue weighted by Gasteiger charge is 2.33. The monoisotopic (exact) mass is 254 g/mol. The Labute approximate surface area is 112 Å². The molecule has 106 valence electrons. The van der Waals surface area contributed by atoms with Gasteiger partial charge in [-0.15, -0.1) is 0 Å². The number of ether oxygens (including phenoxy) is 1. The summed E-state index contributed by atoms with van der Waals surface area (Å²) in [6.07, 6.45) is 8.06. The number of rotatable bonds is 4. The Morgan fingerprint density at radius 1 is 1.28 bits per heavy atom. The summed E-state index contributed by atoms with van der Waals surface area (Å²) in [6, 6.07) is 0.731. The molecule has 1 aliphatic carbocycles. The van der Waals surface area contributed by atoms with E-state index in [2.05, 4.69) is 24.2 Å². The van der Waals surface area contributed by atoms with Gasteiger partial charge >= 0.3 is 0 Å². The Kier molecular flexibility index (Phi) is 5.05. The van der Waals surface area contributed by atoms with E-state index in [1.54, 1.807) is 0 Å². The minimum Gasteiger partial charge on any atom is -0.377 e. The summed E-state index contributed by atoms with van der Waals surface area (Å²) in [6.45, 7) is 5.88. The molecule has 1 N–H and O–H groups in total. The minimum absolute atomic E-state index is 0.0854. The topological polar surface area (TPSA) is 24.5 Å². The molecule has 1 heterocycles. The van der Waals surface area contributed by atoms with Crippen molar-refractivity contribution in [3.8, 4) is 0 Å². The molecule has 0 aromatic heterocycles. The first-order chi connectivity index (χ1) is 8.67. The summed E-state index contributed by atoms with van der Waals surface area (Å²) >= 11 is 0. The third kappa shape index (κ3) is 3.46. The second kappa shape index (κ2) is 6.36. The summed E-state index contributed by atoms with van der Waals surface area (Å²) in [5, 5.41) is 3.52. The van der Waals surface area contributed by atoms with Crippen LogP contribution in [0.15, 0.2) is 0 Å². The molecule has 2 rings (SSSR count). The standard InChI is InChI=1S/C15H30N2O/c1-15(18-3)9-6-10-17(12-15)11-13-7-4-5-8-14(13)16-2/h13-14,16H,4-12H2,1-3H3. The van der Waals surface area contributed by atoms with Crippen LogP contribution in [-0.2, 0) is 4.74 Å². The average Bonchev–Trinajstić information content (AvgIpc) is 2.39. The van der Waals surface area contributed by atoms with Crippen LogP contribution in [0.2, 0.25) is 0 Å². The summed E-state index contributed by atoms with van der Waals surface area (Å²) < 4.78 is 5.69. The zero-order valence-electron chi connectivity index (χ0n) is 12.4. The largest absolute Gasteiger partial charge is 0.377 e. The van der Waals surface area contributed by atoms with Crippen LogP contribution in [0.3, 0.4) is 0 Å². The van der Waals surface area contributed by atoms with Crippen molar-refractivity contribution in [3.63, 3.8) is 0 Å². The molecule has 2 fully saturated rings. The first kappa shape index (κ1) is 14.3. The van der Waals surface area contributed by atoms with Gasteiger partial charge in [-0.25, -0.2) is 0 Å². The van der Waals surface area contributed by atoms with Gasteiger partial charge in [0.15, 0.2) is 0 Å². The lowest BCUT2D eigenvalue weighted by molar-refractivity contribution is -0.0555. The molecule has 3 heteroatoms. The normalized spacial score (nSPS) is 38.8. The van der Waals surface area contributed by atoms with Crippen LogP contribution in [0, 0.1) is 5.92 Å². The predicted molar refractivity (Wildman–Crippen MR) is 75.9 cm³/mol. The van der Waals surface area contributed by atoms with Crippen molar-refractivity contribution in [2.75, 3.05) is 33.8 Å². The third-order valence-corrected chi connectivity index (χ3v) is 5.00. The molecule has 0 radical (unpaired) electrons. The van der Waals surface area contributed by atoms with Crippen LogP contribution >= 0.6 is 0 Å². The molecule has 0 aromatic rings. The molecule has 0 bridgehead atoms. The van der Waals surface area contributed by atoms with E-state index in [1.165, 1.54) is 51.6 Å². The van der Waals surface area contributed by atoms with Crippen LogP contribution in [0.25, 0.3) is 0 Å². The molecule has 18 heavy (non-hydrogen) atoms. The van der Waals surface area contributed by atoms with E-state index < -0.39 is 0 Å². The van der Waals surface area contributed by atoms with E-state index in [0.717, 1.165) is 18.5 Å². The van der Waals surface area contributed by atoms with E-state index in [4.69, 9.17) is 4.74 Å². The quantitative estimate of drug-likeness (QED) is 0.833. The van der Waals surface area contributed by atoms with E-state index in [9.17, 15) is 0 Å². The summed E-state index contributed by atoms with van der Waals surface area (Å²) in [5.74, 6) is 0.836. The number of hydrogen-bond acceptors (Lipinski definition) is 3. The predicted octanol–water partition coefficient (Wildman–Crippen LogP) is 2.27. The molecular weight excluding hydrogens is 224 g/mol. The van der Waals surface area contributed by atoms with Gasteiger partial charge in [-0.05, 0) is 52.1 Å². The molecular formula is C15H30N2O. The molecule has 0 aromatic carbocycles. The maximum Gasteiger partial charge on any atom is 0.0777 e. The fraction of sp³-hybridized carbons (Fsp3) is 1.00. The lowest BCUT2D eigenvalue weighted by atomic mass is 9.83. The Morgan fingerprint density at radius 2 is 2.06 bits per heavy atom. The maximum atomic E-state index is 5.69. The molecule has 0 spiro atoms. The van der Waals surface area contributed by atoms with Crippen molar-refractivity contribution < 1.29 is 4.74 Å². The zero-order valence-corrected chi connectivity index (χ0v) is 12.4. The average molecular weight is 254 g/mol. The first-order valence-electron chi connectivity index (χ1n) is 7.61. The second-order valence-corrected chi connectivity index (χ2v) is 6.43. The van der Waals surface area contributed by atoms with E-state index in [-0.39, 0.29) is 5.60 Å². The zero-order chi connectivity index (χ0) is 13.0. The van der Waals surface area contributed by atoms with Gasteiger partial charge in [0.05, 0.1) is 5.60 Å².